The van der Waals surface area contributed by atoms with Crippen molar-refractivity contribution in [3.8, 4) is 0 Å². The third-order valence-electron chi connectivity index (χ3n) is 0.708. The molecule has 0 amide bonds. The Balaban J connectivity index is 4.07. The first-order valence-corrected chi connectivity index (χ1v) is 15.6. The van der Waals surface area contributed by atoms with Crippen LogP contribution in [-0.2, 0) is 9.73 Å². The molecule has 0 aromatic rings. The van der Waals surface area contributed by atoms with Gasteiger partial charge in [-0.15, -0.1) is 0 Å². The van der Waals surface area contributed by atoms with Gasteiger partial charge in [-0.05, 0) is 0 Å². The van der Waals surface area contributed by atoms with Crippen molar-refractivity contribution in [2.75, 3.05) is 10.0 Å². The van der Waals surface area contributed by atoms with Crippen LogP contribution < -0.4 is 0 Å². The molecular weight excluding hydrogens is 241 g/mol. The molecule has 9 heavy (non-hydrogen) atoms. The van der Waals surface area contributed by atoms with Crippen molar-refractivity contribution in [1.29, 1.82) is 4.78 Å². The molecule has 1 N–H and O–H groups in total. The average Bonchev–Trinajstić information content (AvgIpc) is 1.14. The molecule has 0 heterocycles. The fourth-order valence-corrected chi connectivity index (χ4v) is 16.6. The normalized spacial score (nSPS) is 19.1. The van der Waals surface area contributed by atoms with Crippen LogP contribution in [0.25, 0.3) is 0 Å². The first-order chi connectivity index (χ1) is 3.71. The van der Waals surface area contributed by atoms with Gasteiger partial charge in [-0.25, -0.2) is 0 Å². The molecule has 0 aromatic carbocycles. The van der Waals surface area contributed by atoms with Gasteiger partial charge in [0.15, 0.2) is 0 Å². The molecule has 0 aliphatic heterocycles. The topological polar surface area (TPSA) is 40.9 Å². The Labute approximate surface area is 61.9 Å². The van der Waals surface area contributed by atoms with Crippen LogP contribution in [0.2, 0.25) is 14.8 Å². The molecule has 1 atom stereocenters. The summed E-state index contributed by atoms with van der Waals surface area (Å²) in [6, 6.07) is 0. The summed E-state index contributed by atoms with van der Waals surface area (Å²) in [4.78, 5) is 6.60. The van der Waals surface area contributed by atoms with E-state index in [1.54, 1.807) is 0 Å². The molecule has 0 aliphatic carbocycles. The van der Waals surface area contributed by atoms with Gasteiger partial charge >= 0.3 is 61.9 Å². The van der Waals surface area contributed by atoms with E-state index < -0.39 is 28.1 Å². The van der Waals surface area contributed by atoms with Crippen LogP contribution in [0, 0.1) is 4.78 Å². The molecule has 0 spiro atoms. The number of nitrogens with one attached hydrogen (secondary N) is 1. The van der Waals surface area contributed by atoms with E-state index in [9.17, 15) is 4.21 Å². The first-order valence-electron chi connectivity index (χ1n) is 2.92. The Morgan fingerprint density at radius 1 is 1.44 bits per heavy atom. The molecule has 2 nitrogen and oxygen atoms in total. The fraction of sp³-hybridized carbons (Fsp3) is 1.00. The number of rotatable bonds is 2. The molecule has 0 fully saturated rings. The van der Waals surface area contributed by atoms with Crippen molar-refractivity contribution in [1.82, 2.24) is 0 Å². The molecule has 0 aromatic heterocycles. The van der Waals surface area contributed by atoms with E-state index in [2.05, 4.69) is 14.8 Å². The molecule has 0 aliphatic rings. The summed E-state index contributed by atoms with van der Waals surface area (Å²) in [5, 5.41) is 0. The third-order valence-corrected chi connectivity index (χ3v) is 14.3. The molecule has 0 rings (SSSR count). The van der Waals surface area contributed by atoms with Crippen LogP contribution in [0.1, 0.15) is 0 Å². The SMILES string of the molecule is CS(=N)(=O)[CH2][Sn]([CH3])([CH3])[CH3]. The Morgan fingerprint density at radius 2 is 1.78 bits per heavy atom. The molecule has 56 valence electrons. The minimum absolute atomic E-state index is 0.696. The van der Waals surface area contributed by atoms with Crippen molar-refractivity contribution in [3.63, 3.8) is 0 Å². The van der Waals surface area contributed by atoms with Gasteiger partial charge in [0.1, 0.15) is 0 Å². The van der Waals surface area contributed by atoms with Gasteiger partial charge in [-0.1, -0.05) is 0 Å². The van der Waals surface area contributed by atoms with Crippen molar-refractivity contribution in [2.45, 2.75) is 14.8 Å². The van der Waals surface area contributed by atoms with Gasteiger partial charge in [0.25, 0.3) is 0 Å². The van der Waals surface area contributed by atoms with Crippen molar-refractivity contribution >= 4 is 28.1 Å². The van der Waals surface area contributed by atoms with Gasteiger partial charge in [-0.2, -0.15) is 0 Å². The van der Waals surface area contributed by atoms with Crippen LogP contribution in [0.4, 0.5) is 0 Å². The van der Waals surface area contributed by atoms with E-state index in [0.29, 0.717) is 3.77 Å². The Morgan fingerprint density at radius 3 is 1.78 bits per heavy atom. The van der Waals surface area contributed by atoms with Gasteiger partial charge < -0.3 is 0 Å². The second-order valence-electron chi connectivity index (χ2n) is 3.71. The van der Waals surface area contributed by atoms with E-state index >= 15 is 0 Å². The molecule has 4 heteroatoms. The van der Waals surface area contributed by atoms with Crippen LogP contribution >= 0.6 is 0 Å². The number of hydrogen-bond donors (Lipinski definition) is 1. The minimum atomic E-state index is -2.19. The fourth-order valence-electron chi connectivity index (χ4n) is 0.826. The van der Waals surface area contributed by atoms with Crippen LogP contribution in [0.3, 0.4) is 0 Å². The first kappa shape index (κ1) is 9.75. The maximum absolute atomic E-state index is 10.9. The van der Waals surface area contributed by atoms with Gasteiger partial charge in [-0.3, -0.25) is 0 Å². The summed E-state index contributed by atoms with van der Waals surface area (Å²) in [5.41, 5.74) is 0. The van der Waals surface area contributed by atoms with Crippen molar-refractivity contribution < 1.29 is 4.21 Å². The molecular formula is C5H15NOSSn. The zero-order valence-electron chi connectivity index (χ0n) is 6.52. The molecule has 1 unspecified atom stereocenters. The second kappa shape index (κ2) is 2.78. The number of hydrogen-bond acceptors (Lipinski definition) is 2. The van der Waals surface area contributed by atoms with Gasteiger partial charge in [0, 0.05) is 0 Å². The average molecular weight is 256 g/mol. The summed E-state index contributed by atoms with van der Waals surface area (Å²) in [6.07, 6.45) is 1.54. The van der Waals surface area contributed by atoms with E-state index in [1.165, 1.54) is 6.26 Å². The van der Waals surface area contributed by atoms with Crippen LogP contribution in [0.5, 0.6) is 0 Å². The predicted octanol–water partition coefficient (Wildman–Crippen LogP) is 1.54. The Hall–Kier alpha value is 0.749. The summed E-state index contributed by atoms with van der Waals surface area (Å²) >= 11 is -1.91. The Bertz CT molecular complexity index is 178. The summed E-state index contributed by atoms with van der Waals surface area (Å²) in [7, 11) is -2.19. The maximum atomic E-state index is 10.9. The van der Waals surface area contributed by atoms with Crippen LogP contribution in [-0.4, -0.2) is 32.6 Å². The summed E-state index contributed by atoms with van der Waals surface area (Å²) in [6.45, 7) is 0. The quantitative estimate of drug-likeness (QED) is 0.748. The zero-order valence-corrected chi connectivity index (χ0v) is 10.2. The monoisotopic (exact) mass is 257 g/mol. The van der Waals surface area contributed by atoms with E-state index in [4.69, 9.17) is 4.78 Å². The molecule has 0 radical (unpaired) electrons. The van der Waals surface area contributed by atoms with E-state index in [-0.39, 0.29) is 0 Å². The van der Waals surface area contributed by atoms with E-state index in [1.807, 2.05) is 0 Å². The van der Waals surface area contributed by atoms with Gasteiger partial charge in [0.2, 0.25) is 0 Å². The van der Waals surface area contributed by atoms with E-state index in [0.717, 1.165) is 0 Å². The molecule has 0 bridgehead atoms. The predicted molar refractivity (Wildman–Crippen MR) is 45.0 cm³/mol. The van der Waals surface area contributed by atoms with Crippen LogP contribution in [0.15, 0.2) is 0 Å². The third kappa shape index (κ3) is 8.75. The summed E-state index contributed by atoms with van der Waals surface area (Å²) in [5.74, 6) is 0. The van der Waals surface area contributed by atoms with Crippen molar-refractivity contribution in [3.05, 3.63) is 0 Å². The van der Waals surface area contributed by atoms with Gasteiger partial charge in [0.05, 0.1) is 0 Å². The molecule has 0 saturated heterocycles. The Kier molecular flexibility index (Phi) is 3.01. The van der Waals surface area contributed by atoms with Crippen molar-refractivity contribution in [2.24, 2.45) is 0 Å². The summed E-state index contributed by atoms with van der Waals surface area (Å²) < 4.78 is 18.8. The standard InChI is InChI=1S/C2H6NOS.3CH3.Sn/c1-5(2,3)4;;;;/h3H,1H2,2H3;3*1H3;. The second-order valence-corrected chi connectivity index (χ2v) is 23.1. The zero-order chi connectivity index (χ0) is 7.71. The molecule has 0 saturated carbocycles.